The van der Waals surface area contributed by atoms with E-state index in [1.54, 1.807) is 12.1 Å². The van der Waals surface area contributed by atoms with E-state index in [1.165, 1.54) is 6.07 Å². The number of ether oxygens (including phenoxy) is 2. The monoisotopic (exact) mass is 254 g/mol. The second kappa shape index (κ2) is 5.54. The molecule has 1 saturated heterocycles. The van der Waals surface area contributed by atoms with E-state index in [2.05, 4.69) is 5.32 Å². The summed E-state index contributed by atoms with van der Waals surface area (Å²) in [6.45, 7) is 4.87. The predicted octanol–water partition coefficient (Wildman–Crippen LogP) is 1.61. The minimum absolute atomic E-state index is 0.00489. The molecule has 0 atom stereocenters. The molecule has 1 fully saturated rings. The van der Waals surface area contributed by atoms with Gasteiger partial charge in [0, 0.05) is 30.3 Å². The topological polar surface area (TPSA) is 56.5 Å². The normalized spacial score (nSPS) is 17.1. The number of rotatable bonds is 6. The highest BCUT2D eigenvalue weighted by atomic mass is 19.1. The van der Waals surface area contributed by atoms with Crippen LogP contribution in [-0.2, 0) is 4.74 Å². The molecule has 1 aromatic rings. The van der Waals surface area contributed by atoms with Gasteiger partial charge in [-0.25, -0.2) is 4.39 Å². The highest BCUT2D eigenvalue weighted by molar-refractivity contribution is 5.47. The lowest BCUT2D eigenvalue weighted by molar-refractivity contribution is -0.0979. The number of nitrogens with one attached hydrogen (secondary N) is 1. The van der Waals surface area contributed by atoms with Crippen molar-refractivity contribution in [3.8, 4) is 5.75 Å². The van der Waals surface area contributed by atoms with Crippen LogP contribution in [0.3, 0.4) is 0 Å². The van der Waals surface area contributed by atoms with E-state index in [-0.39, 0.29) is 17.0 Å². The van der Waals surface area contributed by atoms with E-state index in [0.717, 1.165) is 5.69 Å². The molecule has 1 aliphatic rings. The first-order chi connectivity index (χ1) is 8.69. The molecule has 1 aromatic carbocycles. The summed E-state index contributed by atoms with van der Waals surface area (Å²) in [4.78, 5) is 0. The van der Waals surface area contributed by atoms with Crippen LogP contribution < -0.4 is 15.8 Å². The summed E-state index contributed by atoms with van der Waals surface area (Å²) < 4.78 is 23.9. The van der Waals surface area contributed by atoms with Crippen molar-refractivity contribution in [1.82, 2.24) is 0 Å². The molecule has 0 aliphatic carbocycles. The molecule has 0 spiro atoms. The first kappa shape index (κ1) is 13.1. The van der Waals surface area contributed by atoms with Crippen molar-refractivity contribution in [3.63, 3.8) is 0 Å². The zero-order valence-corrected chi connectivity index (χ0v) is 10.5. The SMILES string of the molecule is CCOc1ccc(NCC2(CN)COC2)cc1F. The van der Waals surface area contributed by atoms with Gasteiger partial charge in [0.15, 0.2) is 11.6 Å². The lowest BCUT2D eigenvalue weighted by atomic mass is 9.86. The Hall–Kier alpha value is -1.33. The van der Waals surface area contributed by atoms with E-state index in [0.29, 0.717) is 32.9 Å². The average Bonchev–Trinajstić information content (AvgIpc) is 2.32. The molecule has 0 saturated carbocycles. The third kappa shape index (κ3) is 2.73. The smallest absolute Gasteiger partial charge is 0.167 e. The van der Waals surface area contributed by atoms with Gasteiger partial charge in [-0.15, -0.1) is 0 Å². The second-order valence-corrected chi connectivity index (χ2v) is 4.63. The fourth-order valence-electron chi connectivity index (χ4n) is 1.86. The van der Waals surface area contributed by atoms with E-state index in [1.807, 2.05) is 6.92 Å². The average molecular weight is 254 g/mol. The van der Waals surface area contributed by atoms with Crippen LogP contribution in [0.2, 0.25) is 0 Å². The van der Waals surface area contributed by atoms with Gasteiger partial charge >= 0.3 is 0 Å². The van der Waals surface area contributed by atoms with Crippen molar-refractivity contribution >= 4 is 5.69 Å². The van der Waals surface area contributed by atoms with Gasteiger partial charge in [-0.05, 0) is 19.1 Å². The first-order valence-electron chi connectivity index (χ1n) is 6.13. The molecule has 1 aliphatic heterocycles. The Labute approximate surface area is 106 Å². The van der Waals surface area contributed by atoms with E-state index < -0.39 is 0 Å². The van der Waals surface area contributed by atoms with Gasteiger partial charge in [0.05, 0.1) is 19.8 Å². The van der Waals surface area contributed by atoms with Crippen molar-refractivity contribution in [1.29, 1.82) is 0 Å². The van der Waals surface area contributed by atoms with Crippen molar-refractivity contribution in [2.45, 2.75) is 6.92 Å². The molecular weight excluding hydrogens is 235 g/mol. The van der Waals surface area contributed by atoms with Crippen LogP contribution in [0.4, 0.5) is 10.1 Å². The van der Waals surface area contributed by atoms with E-state index >= 15 is 0 Å². The molecule has 18 heavy (non-hydrogen) atoms. The Morgan fingerprint density at radius 2 is 2.28 bits per heavy atom. The van der Waals surface area contributed by atoms with Crippen molar-refractivity contribution in [2.24, 2.45) is 11.1 Å². The zero-order chi connectivity index (χ0) is 13.0. The molecule has 2 rings (SSSR count). The van der Waals surface area contributed by atoms with Crippen LogP contribution >= 0.6 is 0 Å². The lowest BCUT2D eigenvalue weighted by Gasteiger charge is -2.40. The third-order valence-corrected chi connectivity index (χ3v) is 3.15. The maximum absolute atomic E-state index is 13.6. The molecule has 0 radical (unpaired) electrons. The number of nitrogens with two attached hydrogens (primary N) is 1. The summed E-state index contributed by atoms with van der Waals surface area (Å²) >= 11 is 0. The molecule has 0 aromatic heterocycles. The summed E-state index contributed by atoms with van der Waals surface area (Å²) in [5.74, 6) is -0.0722. The van der Waals surface area contributed by atoms with Gasteiger partial charge < -0.3 is 20.5 Å². The Morgan fingerprint density at radius 1 is 1.50 bits per heavy atom. The number of halogens is 1. The Kier molecular flexibility index (Phi) is 4.04. The quantitative estimate of drug-likeness (QED) is 0.810. The molecule has 100 valence electrons. The summed E-state index contributed by atoms with van der Waals surface area (Å²) in [5.41, 5.74) is 6.44. The molecule has 4 nitrogen and oxygen atoms in total. The van der Waals surface area contributed by atoms with Crippen LogP contribution in [0, 0.1) is 11.2 Å². The molecule has 5 heteroatoms. The fourth-order valence-corrected chi connectivity index (χ4v) is 1.86. The molecule has 0 amide bonds. The maximum atomic E-state index is 13.6. The van der Waals surface area contributed by atoms with Gasteiger partial charge in [0.1, 0.15) is 0 Å². The summed E-state index contributed by atoms with van der Waals surface area (Å²) in [6, 6.07) is 4.88. The summed E-state index contributed by atoms with van der Waals surface area (Å²) in [5, 5.41) is 3.19. The highest BCUT2D eigenvalue weighted by Crippen LogP contribution is 2.27. The van der Waals surface area contributed by atoms with Crippen molar-refractivity contribution < 1.29 is 13.9 Å². The second-order valence-electron chi connectivity index (χ2n) is 4.63. The number of anilines is 1. The first-order valence-corrected chi connectivity index (χ1v) is 6.13. The maximum Gasteiger partial charge on any atom is 0.167 e. The Morgan fingerprint density at radius 3 is 2.78 bits per heavy atom. The summed E-state index contributed by atoms with van der Waals surface area (Å²) in [6.07, 6.45) is 0. The van der Waals surface area contributed by atoms with Crippen LogP contribution in [0.1, 0.15) is 6.92 Å². The number of hydrogen-bond acceptors (Lipinski definition) is 4. The van der Waals surface area contributed by atoms with Crippen LogP contribution in [-0.4, -0.2) is 32.9 Å². The van der Waals surface area contributed by atoms with E-state index in [4.69, 9.17) is 15.2 Å². The zero-order valence-electron chi connectivity index (χ0n) is 10.5. The standard InChI is InChI=1S/C13H19FN2O2/c1-2-18-12-4-3-10(5-11(12)14)16-7-13(6-15)8-17-9-13/h3-5,16H,2,6-9,15H2,1H3. The van der Waals surface area contributed by atoms with Crippen molar-refractivity contribution in [2.75, 3.05) is 38.2 Å². The molecule has 0 unspecified atom stereocenters. The Bertz CT molecular complexity index is 402. The fraction of sp³-hybridized carbons (Fsp3) is 0.538. The lowest BCUT2D eigenvalue weighted by Crippen LogP contribution is -2.52. The highest BCUT2D eigenvalue weighted by Gasteiger charge is 2.36. The number of hydrogen-bond donors (Lipinski definition) is 2. The molecule has 0 bridgehead atoms. The summed E-state index contributed by atoms with van der Waals surface area (Å²) in [7, 11) is 0. The van der Waals surface area contributed by atoms with Crippen molar-refractivity contribution in [3.05, 3.63) is 24.0 Å². The van der Waals surface area contributed by atoms with Gasteiger partial charge in [0.2, 0.25) is 0 Å². The van der Waals surface area contributed by atoms with E-state index in [9.17, 15) is 4.39 Å². The van der Waals surface area contributed by atoms with Gasteiger partial charge in [0.25, 0.3) is 0 Å². The van der Waals surface area contributed by atoms with Crippen LogP contribution in [0.15, 0.2) is 18.2 Å². The minimum Gasteiger partial charge on any atom is -0.491 e. The predicted molar refractivity (Wildman–Crippen MR) is 68.4 cm³/mol. The minimum atomic E-state index is -0.353. The van der Waals surface area contributed by atoms with Crippen LogP contribution in [0.5, 0.6) is 5.75 Å². The molecular formula is C13H19FN2O2. The largest absolute Gasteiger partial charge is 0.491 e. The third-order valence-electron chi connectivity index (χ3n) is 3.15. The Balaban J connectivity index is 1.95. The van der Waals surface area contributed by atoms with Gasteiger partial charge in [-0.1, -0.05) is 0 Å². The van der Waals surface area contributed by atoms with Gasteiger partial charge in [-0.3, -0.25) is 0 Å². The van der Waals surface area contributed by atoms with Crippen LogP contribution in [0.25, 0.3) is 0 Å². The number of benzene rings is 1. The van der Waals surface area contributed by atoms with Gasteiger partial charge in [-0.2, -0.15) is 0 Å². The molecule has 3 N–H and O–H groups in total. The molecule has 1 heterocycles.